The van der Waals surface area contributed by atoms with E-state index in [0.717, 1.165) is 25.9 Å². The van der Waals surface area contributed by atoms with Crippen LogP contribution in [0.15, 0.2) is 30.3 Å². The number of likely N-dealkylation sites (tertiary alicyclic amines) is 1. The van der Waals surface area contributed by atoms with Gasteiger partial charge in [0.15, 0.2) is 0 Å². The van der Waals surface area contributed by atoms with Crippen LogP contribution in [-0.2, 0) is 4.79 Å². The zero-order valence-electron chi connectivity index (χ0n) is 11.8. The minimum atomic E-state index is 0.271. The highest BCUT2D eigenvalue weighted by atomic mass is 16.2. The number of nitrogens with one attached hydrogen (secondary N) is 1. The largest absolute Gasteiger partial charge is 0.336 e. The number of amides is 1. The molecule has 3 nitrogen and oxygen atoms in total. The molecule has 1 atom stereocenters. The van der Waals surface area contributed by atoms with Crippen molar-refractivity contribution in [3.05, 3.63) is 35.9 Å². The lowest BCUT2D eigenvalue weighted by molar-refractivity contribution is -0.133. The molecule has 0 spiro atoms. The van der Waals surface area contributed by atoms with Crippen LogP contribution < -0.4 is 5.32 Å². The van der Waals surface area contributed by atoms with Crippen LogP contribution in [0.3, 0.4) is 0 Å². The third kappa shape index (κ3) is 3.80. The first kappa shape index (κ1) is 14.1. The van der Waals surface area contributed by atoms with Gasteiger partial charge >= 0.3 is 0 Å². The molecule has 2 rings (SSSR count). The first-order valence-corrected chi connectivity index (χ1v) is 7.32. The van der Waals surface area contributed by atoms with E-state index in [2.05, 4.69) is 34.5 Å². The second-order valence-corrected chi connectivity index (χ2v) is 5.22. The third-order valence-corrected chi connectivity index (χ3v) is 3.85. The summed E-state index contributed by atoms with van der Waals surface area (Å²) in [4.78, 5) is 14.5. The molecule has 0 aliphatic carbocycles. The van der Waals surface area contributed by atoms with E-state index in [1.54, 1.807) is 0 Å². The highest BCUT2D eigenvalue weighted by Gasteiger charge is 2.25. The molecule has 1 heterocycles. The molecule has 1 aliphatic rings. The molecule has 0 radical (unpaired) electrons. The first-order chi connectivity index (χ1) is 9.33. The SMILES string of the molecule is CNCCC(=O)N1CCCCCC1c1ccccc1. The van der Waals surface area contributed by atoms with E-state index < -0.39 is 0 Å². The van der Waals surface area contributed by atoms with Gasteiger partial charge in [-0.1, -0.05) is 43.2 Å². The number of carbonyl (C=O) groups excluding carboxylic acids is 1. The lowest BCUT2D eigenvalue weighted by Crippen LogP contribution is -2.36. The number of rotatable bonds is 4. The number of nitrogens with zero attached hydrogens (tertiary/aromatic N) is 1. The molecule has 19 heavy (non-hydrogen) atoms. The Bertz CT molecular complexity index is 391. The highest BCUT2D eigenvalue weighted by Crippen LogP contribution is 2.30. The van der Waals surface area contributed by atoms with E-state index in [-0.39, 0.29) is 11.9 Å². The van der Waals surface area contributed by atoms with Gasteiger partial charge in [0.2, 0.25) is 5.91 Å². The average Bonchev–Trinajstić information content (AvgIpc) is 2.71. The van der Waals surface area contributed by atoms with Gasteiger partial charge in [-0.15, -0.1) is 0 Å². The summed E-state index contributed by atoms with van der Waals surface area (Å²) in [6.07, 6.45) is 5.28. The molecule has 0 saturated carbocycles. The van der Waals surface area contributed by atoms with E-state index in [4.69, 9.17) is 0 Å². The minimum Gasteiger partial charge on any atom is -0.336 e. The Morgan fingerprint density at radius 3 is 2.79 bits per heavy atom. The van der Waals surface area contributed by atoms with Gasteiger partial charge in [-0.3, -0.25) is 4.79 Å². The van der Waals surface area contributed by atoms with Gasteiger partial charge in [-0.05, 0) is 25.5 Å². The second kappa shape index (κ2) is 7.29. The van der Waals surface area contributed by atoms with Gasteiger partial charge in [0.25, 0.3) is 0 Å². The van der Waals surface area contributed by atoms with Crippen molar-refractivity contribution in [2.24, 2.45) is 0 Å². The standard InChI is InChI=1S/C16H24N2O/c1-17-12-11-16(19)18-13-7-3-6-10-15(18)14-8-4-2-5-9-14/h2,4-5,8-9,15,17H,3,6-7,10-13H2,1H3. The van der Waals surface area contributed by atoms with Crippen molar-refractivity contribution in [1.82, 2.24) is 10.2 Å². The number of benzene rings is 1. The van der Waals surface area contributed by atoms with Crippen LogP contribution in [0.25, 0.3) is 0 Å². The van der Waals surface area contributed by atoms with Crippen LogP contribution in [0.1, 0.15) is 43.7 Å². The van der Waals surface area contributed by atoms with Crippen molar-refractivity contribution in [3.63, 3.8) is 0 Å². The summed E-state index contributed by atoms with van der Waals surface area (Å²) in [6.45, 7) is 1.67. The summed E-state index contributed by atoms with van der Waals surface area (Å²) >= 11 is 0. The monoisotopic (exact) mass is 260 g/mol. The molecule has 1 aromatic carbocycles. The van der Waals surface area contributed by atoms with Crippen molar-refractivity contribution in [1.29, 1.82) is 0 Å². The Morgan fingerprint density at radius 1 is 1.26 bits per heavy atom. The molecule has 1 aliphatic heterocycles. The zero-order valence-corrected chi connectivity index (χ0v) is 11.8. The van der Waals surface area contributed by atoms with Crippen molar-refractivity contribution >= 4 is 5.91 Å². The molecular formula is C16H24N2O. The minimum absolute atomic E-state index is 0.271. The van der Waals surface area contributed by atoms with Gasteiger partial charge in [0.05, 0.1) is 6.04 Å². The highest BCUT2D eigenvalue weighted by molar-refractivity contribution is 5.77. The Labute approximate surface area is 116 Å². The number of hydrogen-bond donors (Lipinski definition) is 1. The summed E-state index contributed by atoms with van der Waals surface area (Å²) in [6, 6.07) is 10.7. The van der Waals surface area contributed by atoms with Crippen LogP contribution in [0.5, 0.6) is 0 Å². The first-order valence-electron chi connectivity index (χ1n) is 7.32. The fourth-order valence-electron chi connectivity index (χ4n) is 2.80. The predicted octanol–water partition coefficient (Wildman–Crippen LogP) is 2.74. The van der Waals surface area contributed by atoms with Gasteiger partial charge in [-0.25, -0.2) is 0 Å². The zero-order chi connectivity index (χ0) is 13.5. The predicted molar refractivity (Wildman–Crippen MR) is 77.9 cm³/mol. The number of hydrogen-bond acceptors (Lipinski definition) is 2. The molecule has 0 aromatic heterocycles. The van der Waals surface area contributed by atoms with E-state index in [9.17, 15) is 4.79 Å². The normalized spacial score (nSPS) is 20.1. The lowest BCUT2D eigenvalue weighted by Gasteiger charge is -2.30. The summed E-state index contributed by atoms with van der Waals surface area (Å²) in [5.41, 5.74) is 1.28. The molecule has 1 amide bonds. The van der Waals surface area contributed by atoms with E-state index in [0.29, 0.717) is 6.42 Å². The van der Waals surface area contributed by atoms with Crippen molar-refractivity contribution in [2.45, 2.75) is 38.1 Å². The molecule has 1 N–H and O–H groups in total. The average molecular weight is 260 g/mol. The number of carbonyl (C=O) groups is 1. The van der Waals surface area contributed by atoms with Crippen molar-refractivity contribution < 1.29 is 4.79 Å². The van der Waals surface area contributed by atoms with E-state index >= 15 is 0 Å². The fraction of sp³-hybridized carbons (Fsp3) is 0.562. The maximum absolute atomic E-state index is 12.4. The molecular weight excluding hydrogens is 236 g/mol. The molecule has 1 unspecified atom stereocenters. The van der Waals surface area contributed by atoms with Crippen molar-refractivity contribution in [3.8, 4) is 0 Å². The third-order valence-electron chi connectivity index (χ3n) is 3.85. The Morgan fingerprint density at radius 2 is 2.05 bits per heavy atom. The van der Waals surface area contributed by atoms with Crippen LogP contribution in [0, 0.1) is 0 Å². The molecule has 104 valence electrons. The lowest BCUT2D eigenvalue weighted by atomic mass is 10.0. The van der Waals surface area contributed by atoms with Crippen LogP contribution >= 0.6 is 0 Å². The van der Waals surface area contributed by atoms with Crippen molar-refractivity contribution in [2.75, 3.05) is 20.1 Å². The Balaban J connectivity index is 2.13. The molecule has 3 heteroatoms. The molecule has 1 aromatic rings. The summed E-state index contributed by atoms with van der Waals surface area (Å²) < 4.78 is 0. The van der Waals surface area contributed by atoms with Gasteiger partial charge in [-0.2, -0.15) is 0 Å². The summed E-state index contributed by atoms with van der Waals surface area (Å²) in [7, 11) is 1.89. The van der Waals surface area contributed by atoms with Crippen LogP contribution in [0.2, 0.25) is 0 Å². The smallest absolute Gasteiger partial charge is 0.224 e. The van der Waals surface area contributed by atoms with E-state index in [1.807, 2.05) is 13.1 Å². The fourth-order valence-corrected chi connectivity index (χ4v) is 2.80. The molecule has 1 fully saturated rings. The Hall–Kier alpha value is -1.35. The van der Waals surface area contributed by atoms with E-state index in [1.165, 1.54) is 18.4 Å². The summed E-state index contributed by atoms with van der Waals surface area (Å²) in [5, 5.41) is 3.06. The van der Waals surface area contributed by atoms with Gasteiger partial charge in [0, 0.05) is 19.5 Å². The second-order valence-electron chi connectivity index (χ2n) is 5.22. The van der Waals surface area contributed by atoms with Gasteiger partial charge in [0.1, 0.15) is 0 Å². The van der Waals surface area contributed by atoms with Crippen LogP contribution in [0.4, 0.5) is 0 Å². The quantitative estimate of drug-likeness (QED) is 0.903. The summed E-state index contributed by atoms with van der Waals surface area (Å²) in [5.74, 6) is 0.283. The van der Waals surface area contributed by atoms with Gasteiger partial charge < -0.3 is 10.2 Å². The Kier molecular flexibility index (Phi) is 5.40. The van der Waals surface area contributed by atoms with Crippen LogP contribution in [-0.4, -0.2) is 30.9 Å². The molecule has 0 bridgehead atoms. The maximum atomic E-state index is 12.4. The molecule has 1 saturated heterocycles. The topological polar surface area (TPSA) is 32.3 Å². The maximum Gasteiger partial charge on any atom is 0.224 e.